The number of hydrogen-bond acceptors (Lipinski definition) is 2. The van der Waals surface area contributed by atoms with Gasteiger partial charge in [-0.25, -0.2) is 8.78 Å². The highest BCUT2D eigenvalue weighted by Crippen LogP contribution is 2.18. The fourth-order valence-electron chi connectivity index (χ4n) is 1.25. The van der Waals surface area contributed by atoms with Crippen LogP contribution >= 0.6 is 0 Å². The first kappa shape index (κ1) is 12.0. The summed E-state index contributed by atoms with van der Waals surface area (Å²) in [7, 11) is 0. The molecule has 0 saturated carbocycles. The van der Waals surface area contributed by atoms with Gasteiger partial charge in [0.2, 0.25) is 0 Å². The van der Waals surface area contributed by atoms with E-state index in [-0.39, 0.29) is 12.0 Å². The molecule has 0 bridgehead atoms. The molecular weight excluding hydrogens is 216 g/mol. The Kier molecular flexibility index (Phi) is 3.88. The van der Waals surface area contributed by atoms with Gasteiger partial charge in [0.05, 0.1) is 0 Å². The van der Waals surface area contributed by atoms with E-state index in [1.54, 1.807) is 6.07 Å². The first-order valence-electron chi connectivity index (χ1n) is 4.38. The van der Waals surface area contributed by atoms with Gasteiger partial charge in [-0.1, -0.05) is 0 Å². The number of aromatic nitrogens is 1. The minimum absolute atomic E-state index is 0.0885. The maximum atomic E-state index is 13.1. The molecule has 1 aromatic carbocycles. The van der Waals surface area contributed by atoms with Crippen LogP contribution in [0.2, 0.25) is 0 Å². The molecule has 2 rings (SSSR count). The molecule has 0 unspecified atom stereocenters. The zero-order valence-electron chi connectivity index (χ0n) is 8.45. The molecule has 5 heteroatoms. The quantitative estimate of drug-likeness (QED) is 0.701. The van der Waals surface area contributed by atoms with Crippen LogP contribution in [0.25, 0.3) is 10.9 Å². The van der Waals surface area contributed by atoms with Crippen LogP contribution in [0.3, 0.4) is 0 Å². The van der Waals surface area contributed by atoms with E-state index in [1.165, 1.54) is 12.3 Å². The third-order valence-electron chi connectivity index (χ3n) is 1.88. The van der Waals surface area contributed by atoms with Gasteiger partial charge in [0.1, 0.15) is 5.52 Å². The lowest BCUT2D eigenvalue weighted by Gasteiger charge is -2.00. The first-order valence-corrected chi connectivity index (χ1v) is 4.38. The predicted molar refractivity (Wildman–Crippen MR) is 55.1 cm³/mol. The molecule has 0 aliphatic heterocycles. The molecule has 3 nitrogen and oxygen atoms in total. The summed E-state index contributed by atoms with van der Waals surface area (Å²) in [5, 5.41) is 7.51. The van der Waals surface area contributed by atoms with Gasteiger partial charge in [-0.15, -0.1) is 0 Å². The van der Waals surface area contributed by atoms with E-state index in [1.807, 2.05) is 6.92 Å². The summed E-state index contributed by atoms with van der Waals surface area (Å²) >= 11 is 0. The van der Waals surface area contributed by atoms with Crippen molar-refractivity contribution in [3.05, 3.63) is 41.6 Å². The van der Waals surface area contributed by atoms with Crippen LogP contribution < -0.4 is 0 Å². The molecule has 0 amide bonds. The largest absolute Gasteiger partial charge is 0.483 e. The molecule has 0 spiro atoms. The van der Waals surface area contributed by atoms with Crippen molar-refractivity contribution in [2.45, 2.75) is 6.92 Å². The molecule has 0 atom stereocenters. The van der Waals surface area contributed by atoms with Gasteiger partial charge in [-0.05, 0) is 30.7 Å². The maximum absolute atomic E-state index is 13.1. The predicted octanol–water partition coefficient (Wildman–Crippen LogP) is 2.52. The summed E-state index contributed by atoms with van der Waals surface area (Å²) in [6, 6.07) is 4.40. The number of halogens is 2. The number of rotatable bonds is 0. The summed E-state index contributed by atoms with van der Waals surface area (Å²) in [6.45, 7) is 1.60. The van der Waals surface area contributed by atoms with Gasteiger partial charge in [0.15, 0.2) is 11.6 Å². The van der Waals surface area contributed by atoms with E-state index < -0.39 is 11.6 Å². The molecule has 0 fully saturated rings. The van der Waals surface area contributed by atoms with Crippen LogP contribution in [0.5, 0.6) is 0 Å². The Bertz CT molecular complexity index is 515. The minimum Gasteiger partial charge on any atom is -0.483 e. The van der Waals surface area contributed by atoms with Gasteiger partial charge >= 0.3 is 0 Å². The number of aryl methyl sites for hydroxylation is 1. The number of fused-ring (bicyclic) bond motifs is 1. The highest BCUT2D eigenvalue weighted by atomic mass is 19.2. The third kappa shape index (κ3) is 2.50. The van der Waals surface area contributed by atoms with E-state index in [9.17, 15) is 8.78 Å². The molecule has 1 N–H and O–H groups in total. The Morgan fingerprint density at radius 3 is 2.62 bits per heavy atom. The summed E-state index contributed by atoms with van der Waals surface area (Å²) in [5.41, 5.74) is 1.02. The SMILES string of the molecule is Cc1cnc2c(F)c(F)ccc2c1.O=CO. The molecule has 0 radical (unpaired) electrons. The lowest BCUT2D eigenvalue weighted by Crippen LogP contribution is -1.89. The van der Waals surface area contributed by atoms with Gasteiger partial charge in [-0.3, -0.25) is 9.78 Å². The van der Waals surface area contributed by atoms with Crippen molar-refractivity contribution in [1.29, 1.82) is 0 Å². The maximum Gasteiger partial charge on any atom is 0.290 e. The van der Waals surface area contributed by atoms with Crippen molar-refractivity contribution in [3.8, 4) is 0 Å². The minimum atomic E-state index is -0.877. The smallest absolute Gasteiger partial charge is 0.290 e. The summed E-state index contributed by atoms with van der Waals surface area (Å²) in [4.78, 5) is 12.2. The molecule has 84 valence electrons. The number of carbonyl (C=O) groups is 1. The van der Waals surface area contributed by atoms with E-state index >= 15 is 0 Å². The Balaban J connectivity index is 0.000000386. The van der Waals surface area contributed by atoms with Crippen molar-refractivity contribution in [1.82, 2.24) is 4.98 Å². The van der Waals surface area contributed by atoms with Crippen LogP contribution in [0, 0.1) is 18.6 Å². The fourth-order valence-corrected chi connectivity index (χ4v) is 1.25. The summed E-state index contributed by atoms with van der Waals surface area (Å²) in [6.07, 6.45) is 1.52. The van der Waals surface area contributed by atoms with Crippen LogP contribution in [-0.2, 0) is 4.79 Å². The first-order chi connectivity index (χ1) is 7.60. The second-order valence-electron chi connectivity index (χ2n) is 3.05. The van der Waals surface area contributed by atoms with Gasteiger partial charge in [-0.2, -0.15) is 0 Å². The second-order valence-corrected chi connectivity index (χ2v) is 3.05. The van der Waals surface area contributed by atoms with E-state index in [4.69, 9.17) is 9.90 Å². The van der Waals surface area contributed by atoms with Crippen molar-refractivity contribution in [2.24, 2.45) is 0 Å². The lowest BCUT2D eigenvalue weighted by atomic mass is 10.1. The molecule has 0 saturated heterocycles. The van der Waals surface area contributed by atoms with Crippen molar-refractivity contribution in [2.75, 3.05) is 0 Å². The van der Waals surface area contributed by atoms with Gasteiger partial charge in [0.25, 0.3) is 6.47 Å². The Labute approximate surface area is 90.4 Å². The van der Waals surface area contributed by atoms with Crippen molar-refractivity contribution >= 4 is 17.4 Å². The van der Waals surface area contributed by atoms with Gasteiger partial charge in [0, 0.05) is 11.6 Å². The normalized spacial score (nSPS) is 9.44. The molecule has 16 heavy (non-hydrogen) atoms. The summed E-state index contributed by atoms with van der Waals surface area (Å²) in [5.74, 6) is -1.73. The van der Waals surface area contributed by atoms with Crippen molar-refractivity contribution < 1.29 is 18.7 Å². The number of benzene rings is 1. The van der Waals surface area contributed by atoms with Crippen LogP contribution in [0.4, 0.5) is 8.78 Å². The highest BCUT2D eigenvalue weighted by Gasteiger charge is 2.07. The zero-order valence-corrected chi connectivity index (χ0v) is 8.45. The zero-order chi connectivity index (χ0) is 12.1. The molecule has 1 heterocycles. The highest BCUT2D eigenvalue weighted by molar-refractivity contribution is 5.79. The van der Waals surface area contributed by atoms with E-state index in [0.717, 1.165) is 11.6 Å². The summed E-state index contributed by atoms with van der Waals surface area (Å²) < 4.78 is 25.8. The Morgan fingerprint density at radius 1 is 1.38 bits per heavy atom. The molecule has 1 aromatic heterocycles. The fraction of sp³-hybridized carbons (Fsp3) is 0.0909. The van der Waals surface area contributed by atoms with Crippen LogP contribution in [-0.4, -0.2) is 16.6 Å². The molecular formula is C11H9F2NO2. The van der Waals surface area contributed by atoms with E-state index in [2.05, 4.69) is 4.98 Å². The number of carboxylic acid groups (broad SMARTS) is 1. The van der Waals surface area contributed by atoms with Crippen molar-refractivity contribution in [3.63, 3.8) is 0 Å². The molecule has 0 aliphatic rings. The average molecular weight is 225 g/mol. The third-order valence-corrected chi connectivity index (χ3v) is 1.88. The van der Waals surface area contributed by atoms with E-state index in [0.29, 0.717) is 5.39 Å². The van der Waals surface area contributed by atoms with Crippen LogP contribution in [0.1, 0.15) is 5.56 Å². The number of hydrogen-bond donors (Lipinski definition) is 1. The van der Waals surface area contributed by atoms with Gasteiger partial charge < -0.3 is 5.11 Å². The average Bonchev–Trinajstić information content (AvgIpc) is 2.25. The number of pyridine rings is 1. The number of nitrogens with zero attached hydrogens (tertiary/aromatic N) is 1. The molecule has 2 aromatic rings. The monoisotopic (exact) mass is 225 g/mol. The van der Waals surface area contributed by atoms with Crippen LogP contribution in [0.15, 0.2) is 24.4 Å². The topological polar surface area (TPSA) is 50.2 Å². The Morgan fingerprint density at radius 2 is 2.00 bits per heavy atom. The lowest BCUT2D eigenvalue weighted by molar-refractivity contribution is -0.122. The second kappa shape index (κ2) is 5.16. The Hall–Kier alpha value is -2.04. The standard InChI is InChI=1S/C10H7F2N.CH2O2/c1-6-4-7-2-3-8(11)9(12)10(7)13-5-6;2-1-3/h2-5H,1H3;1H,(H,2,3). The molecule has 0 aliphatic carbocycles.